The van der Waals surface area contributed by atoms with Gasteiger partial charge in [0.1, 0.15) is 0 Å². The van der Waals surface area contributed by atoms with Crippen LogP contribution in [0.5, 0.6) is 0 Å². The minimum Gasteiger partial charge on any atom is -0.313 e. The molecule has 0 saturated heterocycles. The van der Waals surface area contributed by atoms with Crippen LogP contribution >= 0.6 is 0 Å². The van der Waals surface area contributed by atoms with Crippen LogP contribution in [0.15, 0.2) is 0 Å². The average molecular weight is 268 g/mol. The summed E-state index contributed by atoms with van der Waals surface area (Å²) in [6.07, 6.45) is 12.7. The lowest BCUT2D eigenvalue weighted by molar-refractivity contribution is 0.166. The fraction of sp³-hybridized carbons (Fsp3) is 1.00. The van der Waals surface area contributed by atoms with Gasteiger partial charge in [-0.05, 0) is 50.0 Å². The highest BCUT2D eigenvalue weighted by Crippen LogP contribution is 2.35. The summed E-state index contributed by atoms with van der Waals surface area (Å²) in [6, 6.07) is 0.791. The van der Waals surface area contributed by atoms with Crippen molar-refractivity contribution in [2.24, 2.45) is 17.8 Å². The van der Waals surface area contributed by atoms with Gasteiger partial charge in [0.25, 0.3) is 0 Å². The van der Waals surface area contributed by atoms with E-state index in [4.69, 9.17) is 0 Å². The highest BCUT2D eigenvalue weighted by atomic mass is 14.9. The van der Waals surface area contributed by atoms with Gasteiger partial charge in [-0.1, -0.05) is 59.8 Å². The van der Waals surface area contributed by atoms with Crippen molar-refractivity contribution in [3.63, 3.8) is 0 Å². The number of unbranched alkanes of at least 4 members (excludes halogenated alkanes) is 1. The molecule has 4 unspecified atom stereocenters. The Balaban J connectivity index is 2.61. The lowest BCUT2D eigenvalue weighted by Gasteiger charge is -2.38. The molecule has 0 aliphatic heterocycles. The second-order valence-corrected chi connectivity index (χ2v) is 6.82. The number of hydrogen-bond donors (Lipinski definition) is 1. The fourth-order valence-electron chi connectivity index (χ4n) is 3.94. The zero-order valence-electron chi connectivity index (χ0n) is 13.9. The molecule has 1 aliphatic carbocycles. The monoisotopic (exact) mass is 267 g/mol. The second kappa shape index (κ2) is 9.80. The molecular formula is C18H37N. The largest absolute Gasteiger partial charge is 0.313 e. The minimum atomic E-state index is 0.791. The van der Waals surface area contributed by atoms with Crippen LogP contribution in [0.2, 0.25) is 0 Å². The van der Waals surface area contributed by atoms with E-state index in [-0.39, 0.29) is 0 Å². The normalized spacial score (nSPS) is 27.2. The molecule has 0 aromatic rings. The first kappa shape index (κ1) is 17.0. The van der Waals surface area contributed by atoms with Crippen LogP contribution < -0.4 is 5.32 Å². The Morgan fingerprint density at radius 3 is 2.47 bits per heavy atom. The molecule has 0 radical (unpaired) electrons. The third kappa shape index (κ3) is 5.85. The maximum atomic E-state index is 3.92. The molecule has 0 aromatic heterocycles. The van der Waals surface area contributed by atoms with Crippen molar-refractivity contribution in [1.29, 1.82) is 0 Å². The molecule has 1 N–H and O–H groups in total. The van der Waals surface area contributed by atoms with Crippen LogP contribution in [0.4, 0.5) is 0 Å². The van der Waals surface area contributed by atoms with E-state index in [0.29, 0.717) is 0 Å². The van der Waals surface area contributed by atoms with Crippen LogP contribution in [-0.4, -0.2) is 12.6 Å². The van der Waals surface area contributed by atoms with E-state index in [1.807, 2.05) is 0 Å². The summed E-state index contributed by atoms with van der Waals surface area (Å²) in [5.74, 6) is 2.80. The van der Waals surface area contributed by atoms with E-state index in [0.717, 1.165) is 23.8 Å². The number of rotatable bonds is 9. The predicted octanol–water partition coefficient (Wildman–Crippen LogP) is 5.40. The zero-order valence-corrected chi connectivity index (χ0v) is 13.9. The van der Waals surface area contributed by atoms with Crippen LogP contribution in [0, 0.1) is 17.8 Å². The molecule has 0 amide bonds. The Morgan fingerprint density at radius 1 is 1.11 bits per heavy atom. The van der Waals surface area contributed by atoms with Crippen molar-refractivity contribution in [3.8, 4) is 0 Å². The Hall–Kier alpha value is -0.0400. The molecular weight excluding hydrogens is 230 g/mol. The van der Waals surface area contributed by atoms with Crippen molar-refractivity contribution >= 4 is 0 Å². The molecule has 1 aliphatic rings. The number of hydrogen-bond acceptors (Lipinski definition) is 1. The van der Waals surface area contributed by atoms with E-state index in [1.165, 1.54) is 64.3 Å². The summed E-state index contributed by atoms with van der Waals surface area (Å²) >= 11 is 0. The second-order valence-electron chi connectivity index (χ2n) is 6.82. The summed E-state index contributed by atoms with van der Waals surface area (Å²) in [5.41, 5.74) is 0. The van der Waals surface area contributed by atoms with E-state index in [2.05, 4.69) is 33.0 Å². The van der Waals surface area contributed by atoms with Gasteiger partial charge in [-0.15, -0.1) is 0 Å². The van der Waals surface area contributed by atoms with Crippen LogP contribution in [0.1, 0.15) is 85.5 Å². The van der Waals surface area contributed by atoms with Gasteiger partial charge in [-0.3, -0.25) is 0 Å². The molecule has 0 bridgehead atoms. The van der Waals surface area contributed by atoms with Gasteiger partial charge in [0.15, 0.2) is 0 Å². The summed E-state index contributed by atoms with van der Waals surface area (Å²) in [5, 5.41) is 3.92. The van der Waals surface area contributed by atoms with Crippen molar-refractivity contribution < 1.29 is 0 Å². The van der Waals surface area contributed by atoms with Crippen LogP contribution in [-0.2, 0) is 0 Å². The molecule has 1 saturated carbocycles. The highest BCUT2D eigenvalue weighted by Gasteiger charge is 2.30. The maximum Gasteiger partial charge on any atom is 0.0124 e. The highest BCUT2D eigenvalue weighted by molar-refractivity contribution is 4.86. The molecule has 19 heavy (non-hydrogen) atoms. The predicted molar refractivity (Wildman–Crippen MR) is 86.5 cm³/mol. The molecule has 0 aromatic carbocycles. The van der Waals surface area contributed by atoms with E-state index in [9.17, 15) is 0 Å². The first-order valence-corrected chi connectivity index (χ1v) is 8.96. The first-order chi connectivity index (χ1) is 9.22. The van der Waals surface area contributed by atoms with Crippen LogP contribution in [0.25, 0.3) is 0 Å². The summed E-state index contributed by atoms with van der Waals surface area (Å²) in [7, 11) is 0. The number of nitrogens with one attached hydrogen (secondary N) is 1. The third-order valence-electron chi connectivity index (χ3n) is 5.08. The Kier molecular flexibility index (Phi) is 8.77. The van der Waals surface area contributed by atoms with Gasteiger partial charge in [-0.2, -0.15) is 0 Å². The van der Waals surface area contributed by atoms with E-state index in [1.54, 1.807) is 0 Å². The van der Waals surface area contributed by atoms with Crippen LogP contribution in [0.3, 0.4) is 0 Å². The molecule has 4 atom stereocenters. The SMILES string of the molecule is CCCCC(CC)C(NCCC)C1CCCC(C)C1. The smallest absolute Gasteiger partial charge is 0.0124 e. The van der Waals surface area contributed by atoms with E-state index < -0.39 is 0 Å². The zero-order chi connectivity index (χ0) is 14.1. The summed E-state index contributed by atoms with van der Waals surface area (Å²) < 4.78 is 0. The minimum absolute atomic E-state index is 0.791. The molecule has 1 heteroatoms. The Morgan fingerprint density at radius 2 is 1.89 bits per heavy atom. The lowest BCUT2D eigenvalue weighted by atomic mass is 9.73. The van der Waals surface area contributed by atoms with Gasteiger partial charge in [-0.25, -0.2) is 0 Å². The Bertz CT molecular complexity index is 214. The third-order valence-corrected chi connectivity index (χ3v) is 5.08. The standard InChI is InChI=1S/C18H37N/c1-5-8-11-16(7-3)18(19-13-6-2)17-12-9-10-15(4)14-17/h15-19H,5-14H2,1-4H3. The summed E-state index contributed by atoms with van der Waals surface area (Å²) in [4.78, 5) is 0. The topological polar surface area (TPSA) is 12.0 Å². The molecule has 1 fully saturated rings. The quantitative estimate of drug-likeness (QED) is 0.590. The molecule has 0 heterocycles. The average Bonchev–Trinajstić information content (AvgIpc) is 2.42. The van der Waals surface area contributed by atoms with Gasteiger partial charge in [0.2, 0.25) is 0 Å². The van der Waals surface area contributed by atoms with Gasteiger partial charge < -0.3 is 5.32 Å². The lowest BCUT2D eigenvalue weighted by Crippen LogP contribution is -2.44. The molecule has 0 spiro atoms. The van der Waals surface area contributed by atoms with Crippen molar-refractivity contribution in [3.05, 3.63) is 0 Å². The van der Waals surface area contributed by atoms with Crippen molar-refractivity contribution in [1.82, 2.24) is 5.32 Å². The van der Waals surface area contributed by atoms with Gasteiger partial charge >= 0.3 is 0 Å². The Labute approximate surface area is 121 Å². The molecule has 1 nitrogen and oxygen atoms in total. The fourth-order valence-corrected chi connectivity index (χ4v) is 3.94. The van der Waals surface area contributed by atoms with Gasteiger partial charge in [0, 0.05) is 6.04 Å². The van der Waals surface area contributed by atoms with E-state index >= 15 is 0 Å². The maximum absolute atomic E-state index is 3.92. The van der Waals surface area contributed by atoms with Crippen molar-refractivity contribution in [2.75, 3.05) is 6.54 Å². The molecule has 1 rings (SSSR count). The first-order valence-electron chi connectivity index (χ1n) is 8.96. The van der Waals surface area contributed by atoms with Gasteiger partial charge in [0.05, 0.1) is 0 Å². The van der Waals surface area contributed by atoms with Crippen molar-refractivity contribution in [2.45, 2.75) is 91.5 Å². The molecule has 114 valence electrons. The summed E-state index contributed by atoms with van der Waals surface area (Å²) in [6.45, 7) is 10.7.